The number of piperidine rings is 1. The van der Waals surface area contributed by atoms with E-state index in [0.29, 0.717) is 12.2 Å². The Morgan fingerprint density at radius 1 is 1.00 bits per heavy atom. The normalized spacial score (nSPS) is 14.8. The van der Waals surface area contributed by atoms with Gasteiger partial charge in [0.15, 0.2) is 16.7 Å². The van der Waals surface area contributed by atoms with Crippen LogP contribution >= 0.6 is 11.6 Å². The predicted octanol–water partition coefficient (Wildman–Crippen LogP) is 3.76. The van der Waals surface area contributed by atoms with Crippen molar-refractivity contribution in [2.45, 2.75) is 30.7 Å². The summed E-state index contributed by atoms with van der Waals surface area (Å²) >= 11 is 5.65. The highest BCUT2D eigenvalue weighted by Crippen LogP contribution is 2.19. The lowest BCUT2D eigenvalue weighted by atomic mass is 10.1. The lowest BCUT2D eigenvalue weighted by molar-refractivity contribution is 0.0992. The Kier molecular flexibility index (Phi) is 6.73. The number of nitrogens with one attached hydrogen (secondary N) is 2. The van der Waals surface area contributed by atoms with E-state index < -0.39 is 15.9 Å². The molecule has 0 aliphatic carbocycles. The van der Waals surface area contributed by atoms with Crippen molar-refractivity contribution in [2.75, 3.05) is 23.1 Å². The number of hydrogen-bond donors (Lipinski definition) is 2. The van der Waals surface area contributed by atoms with E-state index in [-0.39, 0.29) is 21.6 Å². The van der Waals surface area contributed by atoms with Crippen LogP contribution in [0, 0.1) is 0 Å². The van der Waals surface area contributed by atoms with E-state index in [4.69, 9.17) is 16.0 Å². The Bertz CT molecular complexity index is 1170. The number of nitrogens with zero attached hydrogens (tertiary/aromatic N) is 3. The molecule has 11 heteroatoms. The van der Waals surface area contributed by atoms with E-state index in [0.717, 1.165) is 18.8 Å². The molecule has 2 aromatic heterocycles. The Labute approximate surface area is 190 Å². The average molecular weight is 476 g/mol. The Hall–Kier alpha value is -2.95. The van der Waals surface area contributed by atoms with Crippen molar-refractivity contribution in [3.8, 4) is 0 Å². The molecule has 1 aliphatic rings. The monoisotopic (exact) mass is 475 g/mol. The second kappa shape index (κ2) is 9.68. The number of furan rings is 1. The zero-order chi connectivity index (χ0) is 22.6. The first-order valence-corrected chi connectivity index (χ1v) is 12.0. The van der Waals surface area contributed by atoms with Crippen molar-refractivity contribution < 1.29 is 17.6 Å². The van der Waals surface area contributed by atoms with Gasteiger partial charge in [0, 0.05) is 5.69 Å². The molecule has 2 N–H and O–H groups in total. The standard InChI is InChI=1S/C21H22ClN5O4S/c22-19-10-11-20(25-24-19)26-32(29,30)17-7-4-15(5-8-17)23-21(28)18-9-6-16(31-18)14-27-12-2-1-3-13-27/h4-11H,1-3,12-14H2,(H,23,28)(H,25,26). The van der Waals surface area contributed by atoms with Gasteiger partial charge in [-0.15, -0.1) is 10.2 Å². The van der Waals surface area contributed by atoms with Gasteiger partial charge in [-0.1, -0.05) is 18.0 Å². The van der Waals surface area contributed by atoms with Gasteiger partial charge in [0.1, 0.15) is 5.76 Å². The number of anilines is 2. The first-order chi connectivity index (χ1) is 15.4. The van der Waals surface area contributed by atoms with E-state index in [1.807, 2.05) is 6.07 Å². The number of carbonyl (C=O) groups is 1. The van der Waals surface area contributed by atoms with Crippen LogP contribution in [-0.4, -0.2) is 42.5 Å². The Morgan fingerprint density at radius 2 is 1.75 bits per heavy atom. The first kappa shape index (κ1) is 22.3. The lowest BCUT2D eigenvalue weighted by Gasteiger charge is -2.25. The van der Waals surface area contributed by atoms with Crippen molar-refractivity contribution in [3.63, 3.8) is 0 Å². The minimum absolute atomic E-state index is 0.00839. The third-order valence-electron chi connectivity index (χ3n) is 5.01. The number of likely N-dealkylation sites (tertiary alicyclic amines) is 1. The molecule has 0 radical (unpaired) electrons. The quantitative estimate of drug-likeness (QED) is 0.534. The molecule has 1 fully saturated rings. The van der Waals surface area contributed by atoms with Gasteiger partial charge in [-0.25, -0.2) is 8.42 Å². The summed E-state index contributed by atoms with van der Waals surface area (Å²) in [5.41, 5.74) is 0.439. The number of benzene rings is 1. The van der Waals surface area contributed by atoms with Gasteiger partial charge in [0.2, 0.25) is 0 Å². The molecule has 0 spiro atoms. The van der Waals surface area contributed by atoms with E-state index in [1.165, 1.54) is 55.7 Å². The zero-order valence-corrected chi connectivity index (χ0v) is 18.7. The van der Waals surface area contributed by atoms with Crippen LogP contribution in [0.4, 0.5) is 11.5 Å². The van der Waals surface area contributed by atoms with Gasteiger partial charge in [0.25, 0.3) is 15.9 Å². The number of carbonyl (C=O) groups excluding carboxylic acids is 1. The largest absolute Gasteiger partial charge is 0.455 e. The third kappa shape index (κ3) is 5.64. The minimum Gasteiger partial charge on any atom is -0.455 e. The molecular formula is C21H22ClN5O4S. The van der Waals surface area contributed by atoms with Crippen LogP contribution in [-0.2, 0) is 16.6 Å². The summed E-state index contributed by atoms with van der Waals surface area (Å²) < 4.78 is 33.0. The number of hydrogen-bond acceptors (Lipinski definition) is 7. The number of sulfonamides is 1. The molecule has 1 saturated heterocycles. The molecule has 1 amide bonds. The van der Waals surface area contributed by atoms with Gasteiger partial charge in [-0.3, -0.25) is 14.4 Å². The molecule has 32 heavy (non-hydrogen) atoms. The van der Waals surface area contributed by atoms with Gasteiger partial charge >= 0.3 is 0 Å². The molecule has 1 aromatic carbocycles. The molecule has 3 heterocycles. The highest BCUT2D eigenvalue weighted by atomic mass is 35.5. The molecule has 0 atom stereocenters. The minimum atomic E-state index is -3.87. The van der Waals surface area contributed by atoms with Crippen LogP contribution in [0.15, 0.2) is 57.8 Å². The van der Waals surface area contributed by atoms with Gasteiger partial charge < -0.3 is 9.73 Å². The van der Waals surface area contributed by atoms with Crippen molar-refractivity contribution in [1.82, 2.24) is 15.1 Å². The van der Waals surface area contributed by atoms with Crippen LogP contribution in [0.25, 0.3) is 0 Å². The smallest absolute Gasteiger partial charge is 0.291 e. The van der Waals surface area contributed by atoms with E-state index in [1.54, 1.807) is 6.07 Å². The summed E-state index contributed by atoms with van der Waals surface area (Å²) in [5.74, 6) is 0.594. The van der Waals surface area contributed by atoms with Crippen LogP contribution in [0.1, 0.15) is 35.6 Å². The fourth-order valence-corrected chi connectivity index (χ4v) is 4.50. The van der Waals surface area contributed by atoms with Crippen molar-refractivity contribution in [1.29, 1.82) is 0 Å². The molecule has 168 valence electrons. The van der Waals surface area contributed by atoms with Gasteiger partial charge in [0.05, 0.1) is 11.4 Å². The van der Waals surface area contributed by atoms with Crippen molar-refractivity contribution in [3.05, 3.63) is 65.2 Å². The maximum absolute atomic E-state index is 12.5. The molecule has 4 rings (SSSR count). The predicted molar refractivity (Wildman–Crippen MR) is 120 cm³/mol. The topological polar surface area (TPSA) is 117 Å². The molecule has 0 bridgehead atoms. The molecular weight excluding hydrogens is 454 g/mol. The molecule has 0 unspecified atom stereocenters. The summed E-state index contributed by atoms with van der Waals surface area (Å²) in [6.45, 7) is 2.76. The van der Waals surface area contributed by atoms with Crippen molar-refractivity contribution in [2.24, 2.45) is 0 Å². The van der Waals surface area contributed by atoms with Crippen molar-refractivity contribution >= 4 is 39.0 Å². The SMILES string of the molecule is O=C(Nc1ccc(S(=O)(=O)Nc2ccc(Cl)nn2)cc1)c1ccc(CN2CCCCC2)o1. The van der Waals surface area contributed by atoms with Crippen LogP contribution < -0.4 is 10.0 Å². The number of halogens is 1. The third-order valence-corrected chi connectivity index (χ3v) is 6.58. The average Bonchev–Trinajstić information content (AvgIpc) is 3.25. The zero-order valence-electron chi connectivity index (χ0n) is 17.1. The molecule has 3 aromatic rings. The summed E-state index contributed by atoms with van der Waals surface area (Å²) in [6.07, 6.45) is 3.62. The summed E-state index contributed by atoms with van der Waals surface area (Å²) in [5, 5.41) is 10.1. The highest BCUT2D eigenvalue weighted by Gasteiger charge is 2.17. The van der Waals surface area contributed by atoms with E-state index >= 15 is 0 Å². The van der Waals surface area contributed by atoms with Crippen LogP contribution in [0.5, 0.6) is 0 Å². The molecule has 0 saturated carbocycles. The second-order valence-corrected chi connectivity index (χ2v) is 9.50. The fraction of sp³-hybridized carbons (Fsp3) is 0.286. The fourth-order valence-electron chi connectivity index (χ4n) is 3.40. The summed E-state index contributed by atoms with van der Waals surface area (Å²) in [4.78, 5) is 14.8. The number of amides is 1. The van der Waals surface area contributed by atoms with Crippen LogP contribution in [0.2, 0.25) is 5.15 Å². The van der Waals surface area contributed by atoms with Gasteiger partial charge in [-0.05, 0) is 74.5 Å². The second-order valence-electron chi connectivity index (χ2n) is 7.43. The molecule has 9 nitrogen and oxygen atoms in total. The lowest BCUT2D eigenvalue weighted by Crippen LogP contribution is -2.28. The van der Waals surface area contributed by atoms with Gasteiger partial charge in [-0.2, -0.15) is 0 Å². The Balaban J connectivity index is 1.37. The number of aromatic nitrogens is 2. The first-order valence-electron chi connectivity index (χ1n) is 10.1. The number of rotatable bonds is 7. The van der Waals surface area contributed by atoms with E-state index in [2.05, 4.69) is 25.1 Å². The maximum atomic E-state index is 12.5. The highest BCUT2D eigenvalue weighted by molar-refractivity contribution is 7.92. The maximum Gasteiger partial charge on any atom is 0.291 e. The molecule has 1 aliphatic heterocycles. The summed E-state index contributed by atoms with van der Waals surface area (Å²) in [7, 11) is -3.87. The Morgan fingerprint density at radius 3 is 2.44 bits per heavy atom. The summed E-state index contributed by atoms with van der Waals surface area (Å²) in [6, 6.07) is 12.0. The van der Waals surface area contributed by atoms with E-state index in [9.17, 15) is 13.2 Å². The van der Waals surface area contributed by atoms with Crippen LogP contribution in [0.3, 0.4) is 0 Å².